The molecule has 2 aromatic heterocycles. The molecule has 152 valence electrons. The molecule has 4 rings (SSSR count). The van der Waals surface area contributed by atoms with E-state index >= 15 is 0 Å². The van der Waals surface area contributed by atoms with Crippen molar-refractivity contribution in [2.75, 3.05) is 10.6 Å². The molecular weight excluding hydrogens is 385 g/mol. The van der Waals surface area contributed by atoms with Gasteiger partial charge in [-0.2, -0.15) is 0 Å². The van der Waals surface area contributed by atoms with Crippen LogP contribution in [0.5, 0.6) is 0 Å². The summed E-state index contributed by atoms with van der Waals surface area (Å²) in [6.07, 6.45) is 1.39. The van der Waals surface area contributed by atoms with Gasteiger partial charge in [0.2, 0.25) is 0 Å². The van der Waals surface area contributed by atoms with Crippen LogP contribution in [-0.2, 0) is 0 Å². The Morgan fingerprint density at radius 3 is 2.50 bits per heavy atom. The highest BCUT2D eigenvalue weighted by Gasteiger charge is 2.16. The van der Waals surface area contributed by atoms with Gasteiger partial charge in [-0.15, -0.1) is 0 Å². The number of carbonyl (C=O) groups is 2. The van der Waals surface area contributed by atoms with Crippen molar-refractivity contribution < 1.29 is 18.4 Å². The zero-order chi connectivity index (χ0) is 21.4. The van der Waals surface area contributed by atoms with Crippen LogP contribution in [0.2, 0.25) is 0 Å². The Morgan fingerprint density at radius 1 is 0.967 bits per heavy atom. The van der Waals surface area contributed by atoms with Gasteiger partial charge in [0.05, 0.1) is 17.5 Å². The number of hydrogen-bond acceptors (Lipinski definition) is 3. The molecule has 0 atom stereocenters. The average molecular weight is 405 g/mol. The minimum absolute atomic E-state index is 0.0403. The van der Waals surface area contributed by atoms with Crippen LogP contribution in [-0.4, -0.2) is 16.8 Å². The number of aromatic amines is 1. The summed E-state index contributed by atoms with van der Waals surface area (Å²) in [5.74, 6) is -1.04. The highest BCUT2D eigenvalue weighted by Crippen LogP contribution is 2.24. The topological polar surface area (TPSA) is 87.1 Å². The lowest BCUT2D eigenvalue weighted by Crippen LogP contribution is -2.15. The minimum atomic E-state index is -0.612. The molecule has 0 radical (unpaired) electrons. The Morgan fingerprint density at radius 2 is 1.77 bits per heavy atom. The first-order valence-electron chi connectivity index (χ1n) is 9.39. The van der Waals surface area contributed by atoms with Crippen LogP contribution >= 0.6 is 0 Å². The second-order valence-electron chi connectivity index (χ2n) is 7.15. The molecule has 0 fully saturated rings. The van der Waals surface area contributed by atoms with E-state index in [2.05, 4.69) is 15.6 Å². The first kappa shape index (κ1) is 19.4. The van der Waals surface area contributed by atoms with Crippen molar-refractivity contribution in [1.29, 1.82) is 0 Å². The van der Waals surface area contributed by atoms with Crippen LogP contribution in [0.4, 0.5) is 15.8 Å². The molecule has 4 aromatic rings. The summed E-state index contributed by atoms with van der Waals surface area (Å²) in [7, 11) is 0. The maximum atomic E-state index is 14.2. The van der Waals surface area contributed by atoms with Crippen LogP contribution in [0, 0.1) is 26.6 Å². The number of halogens is 1. The summed E-state index contributed by atoms with van der Waals surface area (Å²) < 4.78 is 19.3. The van der Waals surface area contributed by atoms with Crippen LogP contribution < -0.4 is 10.6 Å². The van der Waals surface area contributed by atoms with E-state index in [1.165, 1.54) is 30.5 Å². The van der Waals surface area contributed by atoms with Crippen molar-refractivity contribution in [3.8, 4) is 0 Å². The predicted octanol–water partition coefficient (Wildman–Crippen LogP) is 5.33. The third-order valence-electron chi connectivity index (χ3n) is 5.16. The van der Waals surface area contributed by atoms with Crippen molar-refractivity contribution in [2.24, 2.45) is 0 Å². The number of hydrogen-bond donors (Lipinski definition) is 3. The molecular formula is C23H20FN3O3. The summed E-state index contributed by atoms with van der Waals surface area (Å²) in [6, 6.07) is 11.2. The Kier molecular flexibility index (Phi) is 4.87. The molecule has 0 bridgehead atoms. The van der Waals surface area contributed by atoms with Crippen molar-refractivity contribution in [3.63, 3.8) is 0 Å². The molecule has 2 aromatic carbocycles. The largest absolute Gasteiger partial charge is 0.469 e. The van der Waals surface area contributed by atoms with Crippen LogP contribution in [0.1, 0.15) is 37.7 Å². The number of aryl methyl sites for hydroxylation is 3. The first-order chi connectivity index (χ1) is 14.3. The lowest BCUT2D eigenvalue weighted by Gasteiger charge is -2.09. The lowest BCUT2D eigenvalue weighted by molar-refractivity contribution is 0.101. The smallest absolute Gasteiger partial charge is 0.272 e. The molecule has 0 spiro atoms. The van der Waals surface area contributed by atoms with Crippen molar-refractivity contribution >= 4 is 34.1 Å². The molecule has 0 unspecified atom stereocenters. The fraction of sp³-hybridized carbons (Fsp3) is 0.130. The van der Waals surface area contributed by atoms with E-state index in [4.69, 9.17) is 4.42 Å². The molecule has 6 nitrogen and oxygen atoms in total. The maximum Gasteiger partial charge on any atom is 0.272 e. The summed E-state index contributed by atoms with van der Waals surface area (Å²) in [5.41, 5.74) is 4.12. The van der Waals surface area contributed by atoms with Gasteiger partial charge in [-0.1, -0.05) is 6.07 Å². The Bertz CT molecular complexity index is 1290. The van der Waals surface area contributed by atoms with E-state index < -0.39 is 11.7 Å². The molecule has 2 amide bonds. The number of amides is 2. The van der Waals surface area contributed by atoms with Gasteiger partial charge in [-0.3, -0.25) is 9.59 Å². The van der Waals surface area contributed by atoms with Gasteiger partial charge in [0.15, 0.2) is 0 Å². The SMILES string of the molecule is Cc1ccc2[nH]c(C(=O)Nc3ccc(F)c(NC(=O)c4ccoc4C)c3)cc2c1C. The number of rotatable bonds is 4. The van der Waals surface area contributed by atoms with Gasteiger partial charge < -0.3 is 20.0 Å². The monoisotopic (exact) mass is 405 g/mol. The predicted molar refractivity (Wildman–Crippen MR) is 114 cm³/mol. The fourth-order valence-corrected chi connectivity index (χ4v) is 3.29. The van der Waals surface area contributed by atoms with Gasteiger partial charge >= 0.3 is 0 Å². The highest BCUT2D eigenvalue weighted by molar-refractivity contribution is 6.08. The molecule has 30 heavy (non-hydrogen) atoms. The average Bonchev–Trinajstić information content (AvgIpc) is 3.34. The van der Waals surface area contributed by atoms with Crippen molar-refractivity contribution in [3.05, 3.63) is 82.7 Å². The molecule has 0 saturated carbocycles. The second-order valence-corrected chi connectivity index (χ2v) is 7.15. The third kappa shape index (κ3) is 3.57. The molecule has 7 heteroatoms. The fourth-order valence-electron chi connectivity index (χ4n) is 3.29. The van der Waals surface area contributed by atoms with Gasteiger partial charge in [0.25, 0.3) is 11.8 Å². The van der Waals surface area contributed by atoms with E-state index in [0.717, 1.165) is 22.0 Å². The molecule has 0 aliphatic heterocycles. The Labute approximate surface area is 172 Å². The molecule has 2 heterocycles. The number of anilines is 2. The third-order valence-corrected chi connectivity index (χ3v) is 5.16. The maximum absolute atomic E-state index is 14.2. The molecule has 0 saturated heterocycles. The number of carbonyl (C=O) groups excluding carboxylic acids is 2. The van der Waals surface area contributed by atoms with Gasteiger partial charge in [0, 0.05) is 16.6 Å². The minimum Gasteiger partial charge on any atom is -0.469 e. The zero-order valence-corrected chi connectivity index (χ0v) is 16.7. The molecule has 3 N–H and O–H groups in total. The van der Waals surface area contributed by atoms with Crippen LogP contribution in [0.25, 0.3) is 10.9 Å². The number of fused-ring (bicyclic) bond motifs is 1. The van der Waals surface area contributed by atoms with E-state index in [1.807, 2.05) is 26.0 Å². The summed E-state index contributed by atoms with van der Waals surface area (Å²) in [5, 5.41) is 6.22. The van der Waals surface area contributed by atoms with E-state index in [-0.39, 0.29) is 11.6 Å². The second kappa shape index (κ2) is 7.51. The summed E-state index contributed by atoms with van der Waals surface area (Å²) >= 11 is 0. The summed E-state index contributed by atoms with van der Waals surface area (Å²) in [4.78, 5) is 28.1. The van der Waals surface area contributed by atoms with Crippen LogP contribution in [0.3, 0.4) is 0 Å². The van der Waals surface area contributed by atoms with E-state index in [0.29, 0.717) is 22.7 Å². The highest BCUT2D eigenvalue weighted by atomic mass is 19.1. The normalized spacial score (nSPS) is 10.9. The van der Waals surface area contributed by atoms with Gasteiger partial charge in [-0.05, 0) is 68.3 Å². The molecule has 0 aliphatic carbocycles. The Hall–Kier alpha value is -3.87. The molecule has 0 aliphatic rings. The summed E-state index contributed by atoms with van der Waals surface area (Å²) in [6.45, 7) is 5.66. The number of H-pyrrole nitrogens is 1. The van der Waals surface area contributed by atoms with Crippen molar-refractivity contribution in [1.82, 2.24) is 4.98 Å². The standard InChI is InChI=1S/C23H20FN3O3/c1-12-4-7-19-17(13(12)2)11-21(26-19)23(29)25-15-5-6-18(24)20(10-15)27-22(28)16-8-9-30-14(16)3/h4-11,26H,1-3H3,(H,25,29)(H,27,28). The number of nitrogens with one attached hydrogen (secondary N) is 3. The number of furan rings is 1. The van der Waals surface area contributed by atoms with Gasteiger partial charge in [-0.25, -0.2) is 4.39 Å². The first-order valence-corrected chi connectivity index (χ1v) is 9.39. The van der Waals surface area contributed by atoms with E-state index in [9.17, 15) is 14.0 Å². The number of aromatic nitrogens is 1. The number of benzene rings is 2. The quantitative estimate of drug-likeness (QED) is 0.429. The van der Waals surface area contributed by atoms with Gasteiger partial charge in [0.1, 0.15) is 17.3 Å². The van der Waals surface area contributed by atoms with Crippen molar-refractivity contribution in [2.45, 2.75) is 20.8 Å². The van der Waals surface area contributed by atoms with Crippen LogP contribution in [0.15, 0.2) is 53.1 Å². The zero-order valence-electron chi connectivity index (χ0n) is 16.7. The van der Waals surface area contributed by atoms with E-state index in [1.54, 1.807) is 13.0 Å². The Balaban J connectivity index is 1.56. The lowest BCUT2D eigenvalue weighted by atomic mass is 10.1.